The number of piperidine rings is 1. The molecule has 2 amide bonds. The van der Waals surface area contributed by atoms with Crippen LogP contribution in [0.2, 0.25) is 5.02 Å². The lowest BCUT2D eigenvalue weighted by Gasteiger charge is -2.44. The number of hydrogen-bond donors (Lipinski definition) is 1. The van der Waals surface area contributed by atoms with Crippen LogP contribution in [0.5, 0.6) is 0 Å². The van der Waals surface area contributed by atoms with Crippen molar-refractivity contribution in [3.8, 4) is 0 Å². The molecule has 160 valence electrons. The largest absolute Gasteiger partial charge is 0.336 e. The second kappa shape index (κ2) is 9.92. The summed E-state index contributed by atoms with van der Waals surface area (Å²) in [5, 5.41) is 3.42. The molecule has 2 heterocycles. The van der Waals surface area contributed by atoms with Crippen LogP contribution < -0.4 is 5.32 Å². The third-order valence-corrected chi connectivity index (χ3v) is 6.60. The van der Waals surface area contributed by atoms with Gasteiger partial charge in [-0.25, -0.2) is 0 Å². The Balaban J connectivity index is 1.47. The number of piperazine rings is 1. The summed E-state index contributed by atoms with van der Waals surface area (Å²) in [6.45, 7) is 9.83. The number of nitrogens with zero attached hydrogens (tertiary/aromatic N) is 3. The molecule has 1 aromatic rings. The zero-order valence-corrected chi connectivity index (χ0v) is 18.5. The molecule has 29 heavy (non-hydrogen) atoms. The molecule has 0 aromatic heterocycles. The Labute approximate surface area is 179 Å². The molecule has 2 fully saturated rings. The van der Waals surface area contributed by atoms with Crippen molar-refractivity contribution >= 4 is 29.1 Å². The van der Waals surface area contributed by atoms with E-state index < -0.39 is 0 Å². The number of nitrogens with one attached hydrogen (secondary N) is 1. The Morgan fingerprint density at radius 1 is 1.10 bits per heavy atom. The zero-order chi connectivity index (χ0) is 21.0. The summed E-state index contributed by atoms with van der Waals surface area (Å²) in [7, 11) is 0. The average molecular weight is 421 g/mol. The fourth-order valence-corrected chi connectivity index (χ4v) is 4.67. The number of amides is 2. The first-order chi connectivity index (χ1) is 13.9. The fourth-order valence-electron chi connectivity index (χ4n) is 4.49. The highest BCUT2D eigenvalue weighted by Crippen LogP contribution is 2.24. The number of halogens is 1. The van der Waals surface area contributed by atoms with Crippen molar-refractivity contribution in [2.24, 2.45) is 0 Å². The molecule has 0 radical (unpaired) electrons. The van der Waals surface area contributed by atoms with Crippen LogP contribution in [0.15, 0.2) is 24.3 Å². The summed E-state index contributed by atoms with van der Waals surface area (Å²) < 4.78 is 0. The van der Waals surface area contributed by atoms with E-state index in [0.29, 0.717) is 29.3 Å². The second-order valence-electron chi connectivity index (χ2n) is 8.39. The minimum Gasteiger partial charge on any atom is -0.336 e. The van der Waals surface area contributed by atoms with Gasteiger partial charge in [-0.2, -0.15) is 0 Å². The Kier molecular flexibility index (Phi) is 7.55. The van der Waals surface area contributed by atoms with Crippen molar-refractivity contribution < 1.29 is 9.59 Å². The summed E-state index contributed by atoms with van der Waals surface area (Å²) in [6, 6.07) is 7.78. The highest BCUT2D eigenvalue weighted by Gasteiger charge is 2.35. The summed E-state index contributed by atoms with van der Waals surface area (Å²) in [4.78, 5) is 31.9. The molecule has 3 rings (SSSR count). The summed E-state index contributed by atoms with van der Waals surface area (Å²) in [6.07, 6.45) is 3.39. The van der Waals surface area contributed by atoms with Crippen LogP contribution in [0.3, 0.4) is 0 Å². The number of likely N-dealkylation sites (tertiary alicyclic amines) is 1. The third kappa shape index (κ3) is 5.50. The molecule has 1 aromatic carbocycles. The van der Waals surface area contributed by atoms with Gasteiger partial charge in [-0.05, 0) is 52.2 Å². The molecule has 7 heteroatoms. The van der Waals surface area contributed by atoms with Crippen LogP contribution in [0.25, 0.3) is 0 Å². The van der Waals surface area contributed by atoms with E-state index in [-0.39, 0.29) is 17.9 Å². The van der Waals surface area contributed by atoms with Crippen LogP contribution in [-0.2, 0) is 9.59 Å². The molecule has 2 aliphatic rings. The number of carbonyl (C=O) groups is 2. The van der Waals surface area contributed by atoms with Crippen molar-refractivity contribution in [1.82, 2.24) is 14.7 Å². The van der Waals surface area contributed by atoms with Gasteiger partial charge in [0.2, 0.25) is 11.8 Å². The third-order valence-electron chi connectivity index (χ3n) is 6.28. The van der Waals surface area contributed by atoms with Crippen LogP contribution in [0.1, 0.15) is 40.0 Å². The number of benzene rings is 1. The quantitative estimate of drug-likeness (QED) is 0.795. The van der Waals surface area contributed by atoms with Crippen molar-refractivity contribution in [2.45, 2.75) is 58.2 Å². The van der Waals surface area contributed by atoms with Gasteiger partial charge >= 0.3 is 0 Å². The van der Waals surface area contributed by atoms with Gasteiger partial charge in [-0.1, -0.05) is 23.7 Å². The van der Waals surface area contributed by atoms with Crippen LogP contribution >= 0.6 is 11.6 Å². The molecule has 2 aliphatic heterocycles. The Morgan fingerprint density at radius 3 is 2.34 bits per heavy atom. The lowest BCUT2D eigenvalue weighted by molar-refractivity contribution is -0.143. The molecular weight excluding hydrogens is 388 g/mol. The van der Waals surface area contributed by atoms with E-state index in [1.54, 1.807) is 12.1 Å². The standard InChI is InChI=1S/C22H33ClN4O2/c1-16-7-6-8-17(2)27(16)22(29)18(3)26-13-11-25(12-14-26)15-21(28)24-20-10-5-4-9-19(20)23/h4-5,9-10,16-18H,6-8,11-15H2,1-3H3,(H,24,28)/t16-,17-,18-/m1/s1. The number of para-hydroxylation sites is 1. The monoisotopic (exact) mass is 420 g/mol. The minimum absolute atomic E-state index is 0.0633. The van der Waals surface area contributed by atoms with Gasteiger partial charge in [0.05, 0.1) is 23.3 Å². The lowest BCUT2D eigenvalue weighted by Crippen LogP contribution is -2.58. The lowest BCUT2D eigenvalue weighted by atomic mass is 9.96. The topological polar surface area (TPSA) is 55.9 Å². The van der Waals surface area contributed by atoms with Crippen LogP contribution in [0.4, 0.5) is 5.69 Å². The van der Waals surface area contributed by atoms with Crippen LogP contribution in [-0.4, -0.2) is 77.4 Å². The highest BCUT2D eigenvalue weighted by molar-refractivity contribution is 6.33. The van der Waals surface area contributed by atoms with Gasteiger partial charge < -0.3 is 10.2 Å². The van der Waals surface area contributed by atoms with Gasteiger partial charge in [-0.15, -0.1) is 0 Å². The first-order valence-electron chi connectivity index (χ1n) is 10.7. The molecule has 0 bridgehead atoms. The van der Waals surface area contributed by atoms with E-state index in [2.05, 4.69) is 33.9 Å². The first kappa shape index (κ1) is 22.1. The molecular formula is C22H33ClN4O2. The molecule has 2 saturated heterocycles. The predicted molar refractivity (Wildman–Crippen MR) is 117 cm³/mol. The molecule has 0 spiro atoms. The average Bonchev–Trinajstić information content (AvgIpc) is 2.69. The number of carbonyl (C=O) groups excluding carboxylic acids is 2. The maximum absolute atomic E-state index is 13.1. The maximum Gasteiger partial charge on any atom is 0.240 e. The van der Waals surface area contributed by atoms with Gasteiger partial charge in [0.1, 0.15) is 0 Å². The predicted octanol–water partition coefficient (Wildman–Crippen LogP) is 3.07. The van der Waals surface area contributed by atoms with E-state index in [0.717, 1.165) is 39.0 Å². The van der Waals surface area contributed by atoms with E-state index >= 15 is 0 Å². The van der Waals surface area contributed by atoms with E-state index in [1.807, 2.05) is 19.1 Å². The van der Waals surface area contributed by atoms with E-state index in [1.165, 1.54) is 6.42 Å². The first-order valence-corrected chi connectivity index (χ1v) is 11.1. The smallest absolute Gasteiger partial charge is 0.240 e. The Morgan fingerprint density at radius 2 is 1.72 bits per heavy atom. The summed E-state index contributed by atoms with van der Waals surface area (Å²) in [5.41, 5.74) is 0.641. The van der Waals surface area contributed by atoms with Gasteiger partial charge in [-0.3, -0.25) is 19.4 Å². The van der Waals surface area contributed by atoms with Crippen molar-refractivity contribution in [2.75, 3.05) is 38.0 Å². The van der Waals surface area contributed by atoms with E-state index in [9.17, 15) is 9.59 Å². The number of anilines is 1. The van der Waals surface area contributed by atoms with Crippen LogP contribution in [0, 0.1) is 0 Å². The van der Waals surface area contributed by atoms with E-state index in [4.69, 9.17) is 11.6 Å². The number of hydrogen-bond acceptors (Lipinski definition) is 4. The minimum atomic E-state index is -0.114. The Bertz CT molecular complexity index is 711. The molecule has 1 N–H and O–H groups in total. The fraction of sp³-hybridized carbons (Fsp3) is 0.636. The van der Waals surface area contributed by atoms with Gasteiger partial charge in [0, 0.05) is 38.3 Å². The molecule has 0 saturated carbocycles. The molecule has 0 unspecified atom stereocenters. The number of rotatable bonds is 5. The summed E-state index contributed by atoms with van der Waals surface area (Å²) in [5.74, 6) is 0.182. The second-order valence-corrected chi connectivity index (χ2v) is 8.80. The zero-order valence-electron chi connectivity index (χ0n) is 17.7. The van der Waals surface area contributed by atoms with Crippen molar-refractivity contribution in [3.63, 3.8) is 0 Å². The summed E-state index contributed by atoms with van der Waals surface area (Å²) >= 11 is 6.11. The van der Waals surface area contributed by atoms with Crippen molar-refractivity contribution in [1.29, 1.82) is 0 Å². The van der Waals surface area contributed by atoms with Crippen molar-refractivity contribution in [3.05, 3.63) is 29.3 Å². The van der Waals surface area contributed by atoms with Gasteiger partial charge in [0.15, 0.2) is 0 Å². The SMILES string of the molecule is C[C@H](C(=O)N1[C@H](C)CCC[C@H]1C)N1CCN(CC(=O)Nc2ccccc2Cl)CC1. The van der Waals surface area contributed by atoms with Gasteiger partial charge in [0.25, 0.3) is 0 Å². The molecule has 6 nitrogen and oxygen atoms in total. The molecule has 0 aliphatic carbocycles. The normalized spacial score (nSPS) is 24.9. The maximum atomic E-state index is 13.1. The Hall–Kier alpha value is -1.63. The molecule has 3 atom stereocenters. The highest BCUT2D eigenvalue weighted by atomic mass is 35.5.